The van der Waals surface area contributed by atoms with E-state index in [1.54, 1.807) is 13.8 Å². The highest BCUT2D eigenvalue weighted by Crippen LogP contribution is 2.18. The molecule has 0 saturated carbocycles. The molecule has 1 saturated heterocycles. The molecule has 1 N–H and O–H groups in total. The number of nitrogens with zero attached hydrogens (tertiary/aromatic N) is 3. The van der Waals surface area contributed by atoms with Gasteiger partial charge in [-0.2, -0.15) is 13.9 Å². The third-order valence-electron chi connectivity index (χ3n) is 5.33. The van der Waals surface area contributed by atoms with Crippen LogP contribution < -0.4 is 5.56 Å². The van der Waals surface area contributed by atoms with E-state index in [-0.39, 0.29) is 37.3 Å². The molecule has 0 radical (unpaired) electrons. The molecule has 1 aromatic heterocycles. The highest BCUT2D eigenvalue weighted by Gasteiger charge is 2.29. The molecule has 1 fully saturated rings. The zero-order chi connectivity index (χ0) is 22.0. The van der Waals surface area contributed by atoms with E-state index >= 15 is 0 Å². The number of H-pyrrole nitrogens is 1. The summed E-state index contributed by atoms with van der Waals surface area (Å²) in [5.74, 6) is -2.53. The second kappa shape index (κ2) is 8.68. The van der Waals surface area contributed by atoms with Crippen LogP contribution in [0.3, 0.4) is 0 Å². The van der Waals surface area contributed by atoms with Gasteiger partial charge in [-0.15, -0.1) is 0 Å². The fourth-order valence-electron chi connectivity index (χ4n) is 3.32. The van der Waals surface area contributed by atoms with E-state index in [0.29, 0.717) is 23.2 Å². The quantitative estimate of drug-likeness (QED) is 0.812. The summed E-state index contributed by atoms with van der Waals surface area (Å²) in [5, 5.41) is 6.44. The molecule has 2 amide bonds. The van der Waals surface area contributed by atoms with Gasteiger partial charge in [0, 0.05) is 38.2 Å². The summed E-state index contributed by atoms with van der Waals surface area (Å²) in [4.78, 5) is 38.1. The van der Waals surface area contributed by atoms with Gasteiger partial charge in [0.15, 0.2) is 0 Å². The van der Waals surface area contributed by atoms with Crippen molar-refractivity contribution in [2.24, 2.45) is 0 Å². The average Bonchev–Trinajstić information content (AvgIpc) is 2.74. The second-order valence-electron chi connectivity index (χ2n) is 7.16. The predicted molar refractivity (Wildman–Crippen MR) is 102 cm³/mol. The molecular weight excluding hydrogens is 401 g/mol. The Morgan fingerprint density at radius 2 is 1.73 bits per heavy atom. The minimum absolute atomic E-state index is 0.0318. The number of rotatable bonds is 4. The van der Waals surface area contributed by atoms with Crippen molar-refractivity contribution in [2.75, 3.05) is 26.2 Å². The van der Waals surface area contributed by atoms with Gasteiger partial charge in [-0.1, -0.05) is 6.07 Å². The number of amides is 2. The molecule has 1 aromatic carbocycles. The summed E-state index contributed by atoms with van der Waals surface area (Å²) in [6.45, 7) is 3.47. The molecule has 0 bridgehead atoms. The number of carbonyl (C=O) groups is 2. The van der Waals surface area contributed by atoms with Gasteiger partial charge in [-0.25, -0.2) is 9.49 Å². The third-order valence-corrected chi connectivity index (χ3v) is 5.33. The van der Waals surface area contributed by atoms with Crippen molar-refractivity contribution < 1.29 is 22.8 Å². The minimum atomic E-state index is -3.09. The smallest absolute Gasteiger partial charge is 0.315 e. The SMILES string of the molecule is Cc1c(Cc2ccc(F)c(C(=O)N3CCN(C(=O)C(F)F)CC3)c2)n[nH]c(=O)c1C. The Kier molecular flexibility index (Phi) is 6.23. The predicted octanol–water partition coefficient (Wildman–Crippen LogP) is 1.67. The molecule has 0 spiro atoms. The number of aromatic amines is 1. The number of hydrogen-bond acceptors (Lipinski definition) is 4. The zero-order valence-corrected chi connectivity index (χ0v) is 16.5. The number of carbonyl (C=O) groups excluding carboxylic acids is 2. The maximum Gasteiger partial charge on any atom is 0.315 e. The lowest BCUT2D eigenvalue weighted by molar-refractivity contribution is -0.144. The van der Waals surface area contributed by atoms with E-state index in [0.717, 1.165) is 10.5 Å². The van der Waals surface area contributed by atoms with Gasteiger partial charge in [-0.3, -0.25) is 14.4 Å². The van der Waals surface area contributed by atoms with Crippen LogP contribution in [0.15, 0.2) is 23.0 Å². The van der Waals surface area contributed by atoms with Crippen LogP contribution in [0.25, 0.3) is 0 Å². The Labute approximate surface area is 170 Å². The summed E-state index contributed by atoms with van der Waals surface area (Å²) in [6.07, 6.45) is -2.80. The average molecular weight is 422 g/mol. The number of hydrogen-bond donors (Lipinski definition) is 1. The van der Waals surface area contributed by atoms with Crippen LogP contribution in [0.4, 0.5) is 13.2 Å². The fourth-order valence-corrected chi connectivity index (χ4v) is 3.32. The molecule has 7 nitrogen and oxygen atoms in total. The normalized spacial score (nSPS) is 14.3. The maximum absolute atomic E-state index is 14.3. The largest absolute Gasteiger partial charge is 0.335 e. The van der Waals surface area contributed by atoms with Gasteiger partial charge in [0.2, 0.25) is 0 Å². The van der Waals surface area contributed by atoms with Gasteiger partial charge < -0.3 is 9.80 Å². The Bertz CT molecular complexity index is 1030. The summed E-state index contributed by atoms with van der Waals surface area (Å²) in [5.41, 5.74) is 2.07. The van der Waals surface area contributed by atoms with Crippen LogP contribution in [-0.2, 0) is 11.2 Å². The molecule has 1 aliphatic rings. The van der Waals surface area contributed by atoms with Crippen molar-refractivity contribution in [1.82, 2.24) is 20.0 Å². The van der Waals surface area contributed by atoms with Crippen LogP contribution >= 0.6 is 0 Å². The van der Waals surface area contributed by atoms with Crippen molar-refractivity contribution in [3.63, 3.8) is 0 Å². The molecule has 1 aliphatic heterocycles. The number of piperazine rings is 1. The van der Waals surface area contributed by atoms with Crippen LogP contribution in [0.1, 0.15) is 32.7 Å². The van der Waals surface area contributed by atoms with Gasteiger partial charge in [0.05, 0.1) is 11.3 Å². The molecule has 2 aromatic rings. The Hall–Kier alpha value is -3.17. The first-order chi connectivity index (χ1) is 14.2. The van der Waals surface area contributed by atoms with E-state index in [2.05, 4.69) is 10.2 Å². The van der Waals surface area contributed by atoms with Crippen LogP contribution in [0.2, 0.25) is 0 Å². The van der Waals surface area contributed by atoms with Crippen molar-refractivity contribution in [3.8, 4) is 0 Å². The van der Waals surface area contributed by atoms with Crippen LogP contribution in [0, 0.1) is 19.7 Å². The van der Waals surface area contributed by atoms with E-state index in [1.807, 2.05) is 0 Å². The first-order valence-electron chi connectivity index (χ1n) is 9.38. The van der Waals surface area contributed by atoms with Gasteiger partial charge >= 0.3 is 6.43 Å². The second-order valence-corrected chi connectivity index (χ2v) is 7.16. The lowest BCUT2D eigenvalue weighted by atomic mass is 10.0. The molecule has 10 heteroatoms. The number of halogens is 3. The fraction of sp³-hybridized carbons (Fsp3) is 0.400. The Morgan fingerprint density at radius 3 is 2.37 bits per heavy atom. The van der Waals surface area contributed by atoms with E-state index < -0.39 is 24.1 Å². The third kappa shape index (κ3) is 4.37. The first-order valence-corrected chi connectivity index (χ1v) is 9.38. The van der Waals surface area contributed by atoms with E-state index in [4.69, 9.17) is 0 Å². The van der Waals surface area contributed by atoms with Crippen molar-refractivity contribution in [3.05, 3.63) is 62.3 Å². The molecular formula is C20H21F3N4O3. The number of benzene rings is 1. The highest BCUT2D eigenvalue weighted by atomic mass is 19.3. The number of nitrogens with one attached hydrogen (secondary N) is 1. The minimum Gasteiger partial charge on any atom is -0.335 e. The molecule has 0 aliphatic carbocycles. The Morgan fingerprint density at radius 1 is 1.10 bits per heavy atom. The number of aromatic nitrogens is 2. The monoisotopic (exact) mass is 422 g/mol. The lowest BCUT2D eigenvalue weighted by Crippen LogP contribution is -2.52. The lowest BCUT2D eigenvalue weighted by Gasteiger charge is -2.34. The molecule has 2 heterocycles. The topological polar surface area (TPSA) is 86.4 Å². The standard InChI is InChI=1S/C20H21F3N4O3/c1-11-12(2)18(28)25-24-16(11)10-13-3-4-15(21)14(9-13)19(29)26-5-7-27(8-6-26)20(30)17(22)23/h3-4,9,17H,5-8,10H2,1-2H3,(H,25,28). The summed E-state index contributed by atoms with van der Waals surface area (Å²) in [7, 11) is 0. The van der Waals surface area contributed by atoms with Gasteiger partial charge in [0.1, 0.15) is 5.82 Å². The number of alkyl halides is 2. The molecule has 30 heavy (non-hydrogen) atoms. The maximum atomic E-state index is 14.3. The molecule has 3 rings (SSSR count). The molecule has 0 atom stereocenters. The van der Waals surface area contributed by atoms with E-state index in [1.165, 1.54) is 23.1 Å². The molecule has 160 valence electrons. The van der Waals surface area contributed by atoms with Gasteiger partial charge in [-0.05, 0) is 37.1 Å². The molecule has 0 unspecified atom stereocenters. The summed E-state index contributed by atoms with van der Waals surface area (Å²) in [6, 6.07) is 4.15. The first kappa shape index (κ1) is 21.5. The Balaban J connectivity index is 1.76. The van der Waals surface area contributed by atoms with Crippen molar-refractivity contribution in [1.29, 1.82) is 0 Å². The van der Waals surface area contributed by atoms with Crippen LogP contribution in [-0.4, -0.2) is 64.4 Å². The van der Waals surface area contributed by atoms with Crippen molar-refractivity contribution in [2.45, 2.75) is 26.7 Å². The van der Waals surface area contributed by atoms with E-state index in [9.17, 15) is 27.6 Å². The highest BCUT2D eigenvalue weighted by molar-refractivity contribution is 5.95. The summed E-state index contributed by atoms with van der Waals surface area (Å²) < 4.78 is 39.4. The van der Waals surface area contributed by atoms with Crippen LogP contribution in [0.5, 0.6) is 0 Å². The van der Waals surface area contributed by atoms with Gasteiger partial charge in [0.25, 0.3) is 17.4 Å². The van der Waals surface area contributed by atoms with Crippen molar-refractivity contribution >= 4 is 11.8 Å². The summed E-state index contributed by atoms with van der Waals surface area (Å²) >= 11 is 0. The zero-order valence-electron chi connectivity index (χ0n) is 16.5.